The Morgan fingerprint density at radius 3 is 2.31 bits per heavy atom. The minimum absolute atomic E-state index is 1.23. The van der Waals surface area contributed by atoms with Crippen molar-refractivity contribution in [1.29, 1.82) is 0 Å². The van der Waals surface area contributed by atoms with Crippen LogP contribution in [0.2, 0.25) is 8.94 Å². The van der Waals surface area contributed by atoms with Crippen LogP contribution in [0.4, 0.5) is 0 Å². The van der Waals surface area contributed by atoms with Crippen molar-refractivity contribution in [3.05, 3.63) is 35.9 Å². The van der Waals surface area contributed by atoms with Crippen LogP contribution < -0.4 is 0 Å². The first-order valence-corrected chi connectivity index (χ1v) is 12.7. The van der Waals surface area contributed by atoms with Crippen LogP contribution in [0, 0.1) is 0 Å². The van der Waals surface area contributed by atoms with E-state index in [1.54, 1.807) is 0 Å². The Morgan fingerprint density at radius 1 is 1.08 bits per heavy atom. The molecule has 1 heterocycles. The molecule has 1 aromatic rings. The molecular weight excluding hydrogens is 295 g/mol. The van der Waals surface area contributed by atoms with E-state index < -0.39 is 17.1 Å². The van der Waals surface area contributed by atoms with Gasteiger partial charge in [0.05, 0.1) is 0 Å². The summed E-state index contributed by atoms with van der Waals surface area (Å²) in [5.74, 6) is 0. The van der Waals surface area contributed by atoms with Crippen molar-refractivity contribution in [2.24, 2.45) is 0 Å². The molecule has 2 rings (SSSR count). The minimum atomic E-state index is -1.88. The fraction of sp³-hybridized carbons (Fsp3) is 0.455. The van der Waals surface area contributed by atoms with Crippen LogP contribution >= 0.6 is 8.96 Å². The molecule has 1 aromatic carbocycles. The first kappa shape index (κ1) is 9.84. The molecule has 0 nitrogen and oxygen atoms in total. The zero-order valence-electron chi connectivity index (χ0n) is 7.71. The van der Waals surface area contributed by atoms with Crippen molar-refractivity contribution in [1.82, 2.24) is 0 Å². The van der Waals surface area contributed by atoms with Gasteiger partial charge in [-0.2, -0.15) is 0 Å². The van der Waals surface area contributed by atoms with Gasteiger partial charge in [0.25, 0.3) is 0 Å². The van der Waals surface area contributed by atoms with E-state index in [4.69, 9.17) is 8.96 Å². The third-order valence-corrected chi connectivity index (χ3v) is 13.6. The molecule has 1 saturated heterocycles. The summed E-state index contributed by atoms with van der Waals surface area (Å²) in [6.07, 6.45) is 2.77. The summed E-state index contributed by atoms with van der Waals surface area (Å²) in [7, 11) is 6.70. The van der Waals surface area contributed by atoms with E-state index in [0.29, 0.717) is 0 Å². The number of benzene rings is 1. The Hall–Kier alpha value is 0.300. The molecule has 1 aliphatic rings. The van der Waals surface area contributed by atoms with Crippen molar-refractivity contribution < 1.29 is 0 Å². The normalized spacial score (nSPS) is 22.8. The van der Waals surface area contributed by atoms with Crippen molar-refractivity contribution in [2.45, 2.75) is 26.2 Å². The SMILES string of the molecule is Cl[Te]1(Cc2ccccc2)CCCC1. The van der Waals surface area contributed by atoms with Gasteiger partial charge in [-0.25, -0.2) is 0 Å². The maximum atomic E-state index is 6.70. The van der Waals surface area contributed by atoms with Gasteiger partial charge in [0.1, 0.15) is 0 Å². The van der Waals surface area contributed by atoms with Gasteiger partial charge in [-0.1, -0.05) is 0 Å². The van der Waals surface area contributed by atoms with Gasteiger partial charge in [0, 0.05) is 0 Å². The van der Waals surface area contributed by atoms with Gasteiger partial charge in [0.15, 0.2) is 0 Å². The van der Waals surface area contributed by atoms with E-state index in [0.717, 1.165) is 0 Å². The Morgan fingerprint density at radius 2 is 1.69 bits per heavy atom. The molecule has 0 bridgehead atoms. The second-order valence-corrected chi connectivity index (χ2v) is 16.6. The van der Waals surface area contributed by atoms with Gasteiger partial charge in [-0.05, 0) is 0 Å². The van der Waals surface area contributed by atoms with Crippen molar-refractivity contribution in [3.63, 3.8) is 0 Å². The van der Waals surface area contributed by atoms with Crippen LogP contribution in [-0.4, -0.2) is 17.1 Å². The Bertz CT molecular complexity index is 265. The topological polar surface area (TPSA) is 0 Å². The van der Waals surface area contributed by atoms with E-state index >= 15 is 0 Å². The number of rotatable bonds is 2. The second kappa shape index (κ2) is 4.22. The molecule has 0 saturated carbocycles. The van der Waals surface area contributed by atoms with Crippen molar-refractivity contribution in [3.8, 4) is 0 Å². The quantitative estimate of drug-likeness (QED) is 0.730. The zero-order valence-corrected chi connectivity index (χ0v) is 10.8. The monoisotopic (exact) mass is 312 g/mol. The summed E-state index contributed by atoms with van der Waals surface area (Å²) >= 11 is -1.88. The summed E-state index contributed by atoms with van der Waals surface area (Å²) < 4.78 is 3.98. The molecule has 0 N–H and O–H groups in total. The molecule has 13 heavy (non-hydrogen) atoms. The van der Waals surface area contributed by atoms with E-state index in [2.05, 4.69) is 30.3 Å². The van der Waals surface area contributed by atoms with Crippen molar-refractivity contribution >= 4 is 26.0 Å². The zero-order chi connectivity index (χ0) is 9.15. The predicted molar refractivity (Wildman–Crippen MR) is 60.6 cm³/mol. The van der Waals surface area contributed by atoms with E-state index in [-0.39, 0.29) is 0 Å². The van der Waals surface area contributed by atoms with Gasteiger partial charge >= 0.3 is 88.2 Å². The van der Waals surface area contributed by atoms with Crippen LogP contribution in [0.25, 0.3) is 0 Å². The first-order valence-electron chi connectivity index (χ1n) is 4.78. The molecule has 0 amide bonds. The summed E-state index contributed by atoms with van der Waals surface area (Å²) in [6.45, 7) is 0. The molecule has 0 unspecified atom stereocenters. The summed E-state index contributed by atoms with van der Waals surface area (Å²) in [4.78, 5) is 0. The summed E-state index contributed by atoms with van der Waals surface area (Å²) in [6, 6.07) is 10.7. The van der Waals surface area contributed by atoms with E-state index in [1.807, 2.05) is 0 Å². The fourth-order valence-electron chi connectivity index (χ4n) is 1.84. The van der Waals surface area contributed by atoms with Crippen LogP contribution in [0.15, 0.2) is 30.3 Å². The maximum absolute atomic E-state index is 6.70. The Labute approximate surface area is 87.9 Å². The standard InChI is InChI=1S/C11H15ClTe/c12-13(8-4-5-9-13)10-11-6-2-1-3-7-11/h1-3,6-7H,4-5,8-10H2. The molecule has 1 fully saturated rings. The predicted octanol–water partition coefficient (Wildman–Crippen LogP) is 3.75. The summed E-state index contributed by atoms with van der Waals surface area (Å²) in [5, 5.41) is 0. The third kappa shape index (κ3) is 2.62. The number of hydrogen-bond acceptors (Lipinski definition) is 0. The molecule has 0 aliphatic carbocycles. The van der Waals surface area contributed by atoms with Crippen molar-refractivity contribution in [2.75, 3.05) is 0 Å². The average molecular weight is 310 g/mol. The fourth-order valence-corrected chi connectivity index (χ4v) is 11.9. The van der Waals surface area contributed by atoms with Gasteiger partial charge in [-0.3, -0.25) is 0 Å². The first-order chi connectivity index (χ1) is 6.29. The van der Waals surface area contributed by atoms with E-state index in [9.17, 15) is 0 Å². The molecule has 0 aromatic heterocycles. The van der Waals surface area contributed by atoms with Crippen LogP contribution in [0.1, 0.15) is 18.4 Å². The molecule has 0 atom stereocenters. The van der Waals surface area contributed by atoms with Crippen LogP contribution in [0.3, 0.4) is 0 Å². The van der Waals surface area contributed by atoms with Gasteiger partial charge in [0.2, 0.25) is 0 Å². The molecule has 0 spiro atoms. The second-order valence-electron chi connectivity index (χ2n) is 3.68. The van der Waals surface area contributed by atoms with E-state index in [1.165, 1.54) is 31.8 Å². The molecule has 2 heteroatoms. The van der Waals surface area contributed by atoms with Crippen LogP contribution in [-0.2, 0) is 4.47 Å². The van der Waals surface area contributed by atoms with Gasteiger partial charge in [-0.15, -0.1) is 0 Å². The number of halogens is 1. The molecular formula is C11H15ClTe. The Kier molecular flexibility index (Phi) is 3.19. The average Bonchev–Trinajstić information content (AvgIpc) is 2.54. The van der Waals surface area contributed by atoms with Crippen LogP contribution in [0.5, 0.6) is 0 Å². The molecule has 1 aliphatic heterocycles. The van der Waals surface area contributed by atoms with Gasteiger partial charge < -0.3 is 0 Å². The molecule has 0 radical (unpaired) electrons. The number of hydrogen-bond donors (Lipinski definition) is 0. The Balaban J connectivity index is 2.05. The summed E-state index contributed by atoms with van der Waals surface area (Å²) in [5.41, 5.74) is 1.46. The molecule has 72 valence electrons. The third-order valence-electron chi connectivity index (χ3n) is 2.54.